The topological polar surface area (TPSA) is 62.3 Å². The highest BCUT2D eigenvalue weighted by atomic mass is 79.9. The first-order valence-electron chi connectivity index (χ1n) is 6.15. The summed E-state index contributed by atoms with van der Waals surface area (Å²) in [6.07, 6.45) is 3.35. The fraction of sp³-hybridized carbons (Fsp3) is 0.583. The number of hydrogen-bond acceptors (Lipinski definition) is 4. The third-order valence-electron chi connectivity index (χ3n) is 3.45. The Kier molecular flexibility index (Phi) is 3.90. The lowest BCUT2D eigenvalue weighted by Gasteiger charge is -2.30. The van der Waals surface area contributed by atoms with Crippen molar-refractivity contribution in [2.45, 2.75) is 37.1 Å². The van der Waals surface area contributed by atoms with Crippen LogP contribution in [0.2, 0.25) is 0 Å². The van der Waals surface area contributed by atoms with Gasteiger partial charge in [0, 0.05) is 29.8 Å². The number of halogens is 1. The largest absolute Gasteiger partial charge is 0.372 e. The second kappa shape index (κ2) is 5.03. The van der Waals surface area contributed by atoms with Gasteiger partial charge in [0.15, 0.2) is 0 Å². The summed E-state index contributed by atoms with van der Waals surface area (Å²) >= 11 is 3.28. The van der Waals surface area contributed by atoms with Crippen molar-refractivity contribution in [2.24, 2.45) is 0 Å². The Labute approximate surface area is 122 Å². The Balaban J connectivity index is 2.54. The number of aromatic nitrogens is 1. The van der Waals surface area contributed by atoms with Crippen LogP contribution in [0.15, 0.2) is 21.6 Å². The zero-order chi connectivity index (χ0) is 14.3. The lowest BCUT2D eigenvalue weighted by atomic mass is 10.0. The van der Waals surface area contributed by atoms with Gasteiger partial charge in [-0.2, -0.15) is 4.31 Å². The van der Waals surface area contributed by atoms with E-state index in [0.29, 0.717) is 16.8 Å². The van der Waals surface area contributed by atoms with E-state index in [9.17, 15) is 8.42 Å². The van der Waals surface area contributed by atoms with Crippen LogP contribution in [0.3, 0.4) is 0 Å². The van der Waals surface area contributed by atoms with Crippen LogP contribution in [0.5, 0.6) is 0 Å². The molecule has 0 atom stereocenters. The maximum absolute atomic E-state index is 12.8. The second-order valence-corrected chi connectivity index (χ2v) is 7.99. The van der Waals surface area contributed by atoms with Crippen LogP contribution in [0.4, 0.5) is 5.82 Å². The Morgan fingerprint density at radius 3 is 2.68 bits per heavy atom. The fourth-order valence-corrected chi connectivity index (χ4v) is 4.96. The Morgan fingerprint density at radius 2 is 2.16 bits per heavy atom. The van der Waals surface area contributed by atoms with E-state index < -0.39 is 10.0 Å². The molecule has 2 heterocycles. The Hall–Kier alpha value is -0.660. The summed E-state index contributed by atoms with van der Waals surface area (Å²) < 4.78 is 27.8. The van der Waals surface area contributed by atoms with Crippen LogP contribution in [0.25, 0.3) is 0 Å². The van der Waals surface area contributed by atoms with Crippen LogP contribution >= 0.6 is 15.9 Å². The van der Waals surface area contributed by atoms with Gasteiger partial charge in [0.1, 0.15) is 10.7 Å². The highest BCUT2D eigenvalue weighted by Gasteiger charge is 2.41. The summed E-state index contributed by atoms with van der Waals surface area (Å²) in [7, 11) is -1.86. The van der Waals surface area contributed by atoms with E-state index >= 15 is 0 Å². The minimum absolute atomic E-state index is 0.222. The molecule has 0 aromatic carbocycles. The van der Waals surface area contributed by atoms with E-state index in [1.165, 1.54) is 0 Å². The number of nitrogens with zero attached hydrogens (tertiary/aromatic N) is 2. The molecule has 1 aliphatic rings. The normalized spacial score (nSPS) is 19.6. The van der Waals surface area contributed by atoms with Crippen molar-refractivity contribution in [3.05, 3.63) is 16.7 Å². The molecule has 7 heteroatoms. The van der Waals surface area contributed by atoms with E-state index in [2.05, 4.69) is 26.2 Å². The van der Waals surface area contributed by atoms with Crippen LogP contribution in [0.1, 0.15) is 26.7 Å². The first-order valence-corrected chi connectivity index (χ1v) is 8.38. The summed E-state index contributed by atoms with van der Waals surface area (Å²) in [5, 5.41) is 2.84. The summed E-state index contributed by atoms with van der Waals surface area (Å²) in [5.74, 6) is 0.380. The van der Waals surface area contributed by atoms with Gasteiger partial charge in [-0.15, -0.1) is 0 Å². The monoisotopic (exact) mass is 347 g/mol. The molecule has 0 spiro atoms. The first kappa shape index (κ1) is 14.7. The molecule has 1 saturated heterocycles. The van der Waals surface area contributed by atoms with Gasteiger partial charge in [-0.3, -0.25) is 0 Å². The zero-order valence-electron chi connectivity index (χ0n) is 11.3. The van der Waals surface area contributed by atoms with Gasteiger partial charge in [0.2, 0.25) is 10.0 Å². The van der Waals surface area contributed by atoms with Crippen molar-refractivity contribution >= 4 is 31.8 Å². The highest BCUT2D eigenvalue weighted by Crippen LogP contribution is 2.36. The van der Waals surface area contributed by atoms with Gasteiger partial charge < -0.3 is 5.32 Å². The molecule has 0 unspecified atom stereocenters. The van der Waals surface area contributed by atoms with Gasteiger partial charge in [0.25, 0.3) is 0 Å². The molecule has 0 amide bonds. The number of nitrogens with one attached hydrogen (secondary N) is 1. The lowest BCUT2D eigenvalue weighted by Crippen LogP contribution is -2.42. The number of sulfonamides is 1. The molecule has 106 valence electrons. The molecule has 1 aromatic heterocycles. The molecule has 5 nitrogen and oxygen atoms in total. The van der Waals surface area contributed by atoms with E-state index in [0.717, 1.165) is 12.8 Å². The number of hydrogen-bond donors (Lipinski definition) is 1. The van der Waals surface area contributed by atoms with Crippen molar-refractivity contribution in [3.63, 3.8) is 0 Å². The van der Waals surface area contributed by atoms with E-state index in [1.807, 2.05) is 13.8 Å². The highest BCUT2D eigenvalue weighted by molar-refractivity contribution is 9.10. The zero-order valence-corrected chi connectivity index (χ0v) is 13.7. The Morgan fingerprint density at radius 1 is 1.47 bits per heavy atom. The Bertz CT molecular complexity index is 587. The average Bonchev–Trinajstić information content (AvgIpc) is 2.69. The van der Waals surface area contributed by atoms with Crippen LogP contribution in [-0.4, -0.2) is 36.8 Å². The third kappa shape index (κ3) is 2.64. The molecule has 0 bridgehead atoms. The molecule has 19 heavy (non-hydrogen) atoms. The molecule has 1 aromatic rings. The molecule has 0 aliphatic carbocycles. The lowest BCUT2D eigenvalue weighted by molar-refractivity contribution is 0.292. The maximum atomic E-state index is 12.8. The molecule has 0 radical (unpaired) electrons. The molecule has 1 fully saturated rings. The summed E-state index contributed by atoms with van der Waals surface area (Å²) in [5.41, 5.74) is -0.341. The van der Waals surface area contributed by atoms with Crippen molar-refractivity contribution in [3.8, 4) is 0 Å². The van der Waals surface area contributed by atoms with E-state index in [-0.39, 0.29) is 10.4 Å². The predicted octanol–water partition coefficient (Wildman–Crippen LogP) is 2.45. The van der Waals surface area contributed by atoms with Crippen LogP contribution in [0, 0.1) is 0 Å². The third-order valence-corrected chi connectivity index (χ3v) is 6.01. The molecular formula is C12H18BrN3O2S. The van der Waals surface area contributed by atoms with Crippen molar-refractivity contribution in [1.82, 2.24) is 9.29 Å². The van der Waals surface area contributed by atoms with Crippen LogP contribution < -0.4 is 5.32 Å². The van der Waals surface area contributed by atoms with Gasteiger partial charge in [0.05, 0.1) is 0 Å². The number of anilines is 1. The van der Waals surface area contributed by atoms with Gasteiger partial charge in [-0.1, -0.05) is 0 Å². The summed E-state index contributed by atoms with van der Waals surface area (Å²) in [4.78, 5) is 4.34. The molecule has 1 N–H and O–H groups in total. The number of pyridine rings is 1. The van der Waals surface area contributed by atoms with Crippen LogP contribution in [-0.2, 0) is 10.0 Å². The smallest absolute Gasteiger partial charge is 0.247 e. The van der Waals surface area contributed by atoms with E-state index in [1.54, 1.807) is 23.6 Å². The molecule has 1 aliphatic heterocycles. The van der Waals surface area contributed by atoms with Gasteiger partial charge in [-0.05, 0) is 48.7 Å². The quantitative estimate of drug-likeness (QED) is 0.912. The molecular weight excluding hydrogens is 330 g/mol. The number of rotatable bonds is 3. The SMILES string of the molecule is CNc1ncc(Br)cc1S(=O)(=O)N1CCCC1(C)C. The standard InChI is InChI=1S/C12H18BrN3O2S/c1-12(2)5-4-6-16(12)19(17,18)10-7-9(13)8-15-11(10)14-3/h7-8H,4-6H2,1-3H3,(H,14,15). The van der Waals surface area contributed by atoms with Crippen molar-refractivity contribution < 1.29 is 8.42 Å². The van der Waals surface area contributed by atoms with Crippen molar-refractivity contribution in [1.29, 1.82) is 0 Å². The van der Waals surface area contributed by atoms with Gasteiger partial charge in [-0.25, -0.2) is 13.4 Å². The maximum Gasteiger partial charge on any atom is 0.247 e. The summed E-state index contributed by atoms with van der Waals surface area (Å²) in [6, 6.07) is 1.60. The predicted molar refractivity (Wildman–Crippen MR) is 78.7 cm³/mol. The second-order valence-electron chi connectivity index (χ2n) is 5.24. The van der Waals surface area contributed by atoms with Crippen molar-refractivity contribution in [2.75, 3.05) is 18.9 Å². The molecule has 2 rings (SSSR count). The fourth-order valence-electron chi connectivity index (χ4n) is 2.45. The van der Waals surface area contributed by atoms with Gasteiger partial charge >= 0.3 is 0 Å². The van der Waals surface area contributed by atoms with E-state index in [4.69, 9.17) is 0 Å². The molecule has 0 saturated carbocycles. The summed E-state index contributed by atoms with van der Waals surface area (Å²) in [6.45, 7) is 4.48. The minimum atomic E-state index is -3.53. The minimum Gasteiger partial charge on any atom is -0.372 e. The average molecular weight is 348 g/mol. The first-order chi connectivity index (χ1) is 8.79.